The van der Waals surface area contributed by atoms with E-state index in [1.165, 1.54) is 0 Å². The Morgan fingerprint density at radius 2 is 1.97 bits per heavy atom. The van der Waals surface area contributed by atoms with E-state index in [4.69, 9.17) is 21.0 Å². The second kappa shape index (κ2) is 12.2. The van der Waals surface area contributed by atoms with Crippen molar-refractivity contribution < 1.29 is 14.6 Å². The number of aryl methyl sites for hydroxylation is 2. The lowest BCUT2D eigenvalue weighted by Gasteiger charge is -2.25. The molecule has 0 bridgehead atoms. The summed E-state index contributed by atoms with van der Waals surface area (Å²) in [5.74, 6) is 3.89. The van der Waals surface area contributed by atoms with Gasteiger partial charge in [0.15, 0.2) is 0 Å². The van der Waals surface area contributed by atoms with Crippen LogP contribution in [0.15, 0.2) is 54.6 Å². The molecule has 33 heavy (non-hydrogen) atoms. The van der Waals surface area contributed by atoms with Crippen LogP contribution in [0.2, 0.25) is 0 Å². The molecule has 1 heterocycles. The van der Waals surface area contributed by atoms with E-state index in [1.54, 1.807) is 4.68 Å². The Hall–Kier alpha value is -3.11. The summed E-state index contributed by atoms with van der Waals surface area (Å²) in [6.07, 6.45) is 5.55. The molecule has 2 aromatic carbocycles. The molecule has 0 fully saturated rings. The number of ether oxygens (including phenoxy) is 2. The average molecular weight is 448 g/mol. The lowest BCUT2D eigenvalue weighted by atomic mass is 10.1. The Morgan fingerprint density at radius 3 is 2.67 bits per heavy atom. The van der Waals surface area contributed by atoms with Gasteiger partial charge in [0.25, 0.3) is 0 Å². The molecule has 3 rings (SSSR count). The molecule has 0 unspecified atom stereocenters. The van der Waals surface area contributed by atoms with Gasteiger partial charge in [-0.05, 0) is 37.6 Å². The Balaban J connectivity index is 1.93. The fourth-order valence-electron chi connectivity index (χ4n) is 3.82. The minimum Gasteiger partial charge on any atom is -0.439 e. The molecule has 1 aromatic heterocycles. The summed E-state index contributed by atoms with van der Waals surface area (Å²) in [4.78, 5) is 2.20. The first-order chi connectivity index (χ1) is 16.0. The zero-order chi connectivity index (χ0) is 23.6. The molecule has 0 aliphatic heterocycles. The first-order valence-electron chi connectivity index (χ1n) is 11.3. The number of aliphatic hydroxyl groups excluding tert-OH is 1. The molecule has 0 spiro atoms. The van der Waals surface area contributed by atoms with E-state index in [2.05, 4.69) is 29.9 Å². The molecule has 0 saturated carbocycles. The van der Waals surface area contributed by atoms with Crippen molar-refractivity contribution in [3.63, 3.8) is 0 Å². The normalized spacial score (nSPS) is 12.0. The maximum Gasteiger partial charge on any atom is 0.222 e. The third-order valence-electron chi connectivity index (χ3n) is 5.23. The quantitative estimate of drug-likeness (QED) is 0.329. The zero-order valence-electron chi connectivity index (χ0n) is 19.7. The molecule has 174 valence electrons. The monoisotopic (exact) mass is 447 g/mol. The molecule has 0 saturated heterocycles. The van der Waals surface area contributed by atoms with E-state index >= 15 is 0 Å². The van der Waals surface area contributed by atoms with Gasteiger partial charge in [-0.2, -0.15) is 5.10 Å². The van der Waals surface area contributed by atoms with Crippen LogP contribution in [-0.2, 0) is 18.3 Å². The van der Waals surface area contributed by atoms with Crippen molar-refractivity contribution in [2.45, 2.75) is 32.9 Å². The molecule has 1 N–H and O–H groups in total. The molecular weight excluding hydrogens is 414 g/mol. The largest absolute Gasteiger partial charge is 0.439 e. The molecule has 0 aliphatic carbocycles. The highest BCUT2D eigenvalue weighted by Crippen LogP contribution is 2.34. The molecule has 3 aromatic rings. The lowest BCUT2D eigenvalue weighted by molar-refractivity contribution is 0.0260. The van der Waals surface area contributed by atoms with Crippen molar-refractivity contribution in [2.75, 3.05) is 26.3 Å². The lowest BCUT2D eigenvalue weighted by Crippen LogP contribution is -2.35. The highest BCUT2D eigenvalue weighted by Gasteiger charge is 2.23. The number of terminal acetylenes is 1. The number of benzene rings is 2. The number of hydrogen-bond donors (Lipinski definition) is 1. The van der Waals surface area contributed by atoms with Crippen LogP contribution < -0.4 is 4.74 Å². The average Bonchev–Trinajstić information content (AvgIpc) is 3.10. The number of aliphatic hydroxyl groups is 1. The predicted molar refractivity (Wildman–Crippen MR) is 131 cm³/mol. The summed E-state index contributed by atoms with van der Waals surface area (Å²) in [7, 11) is 1.90. The Labute approximate surface area is 196 Å². The van der Waals surface area contributed by atoms with Crippen LogP contribution in [0.5, 0.6) is 11.6 Å². The zero-order valence-corrected chi connectivity index (χ0v) is 19.7. The predicted octanol–water partition coefficient (Wildman–Crippen LogP) is 4.41. The fourth-order valence-corrected chi connectivity index (χ4v) is 3.82. The molecule has 1 atom stereocenters. The van der Waals surface area contributed by atoms with Gasteiger partial charge in [-0.15, -0.1) is 6.42 Å². The van der Waals surface area contributed by atoms with Gasteiger partial charge < -0.3 is 14.6 Å². The molecule has 6 nitrogen and oxygen atoms in total. The molecular formula is C27H33N3O3. The standard InChI is InChI=1S/C27H33N3O3/c1-5-15-30(18-23(31)20-32-16-6-2)19-25-26(22-12-8-7-9-13-22)28-29(4)27(25)33-24-14-10-11-21(3)17-24/h2,7-14,17,23,31H,5,15-16,18-20H2,1,3-4H3/t23-/m0/s1. The van der Waals surface area contributed by atoms with Gasteiger partial charge in [0, 0.05) is 25.7 Å². The summed E-state index contributed by atoms with van der Waals surface area (Å²) < 4.78 is 13.5. The third-order valence-corrected chi connectivity index (χ3v) is 5.23. The van der Waals surface area contributed by atoms with Crippen LogP contribution in [0.25, 0.3) is 11.3 Å². The van der Waals surface area contributed by atoms with E-state index in [1.807, 2.05) is 56.4 Å². The highest BCUT2D eigenvalue weighted by molar-refractivity contribution is 5.65. The Kier molecular flexibility index (Phi) is 9.08. The van der Waals surface area contributed by atoms with Crippen molar-refractivity contribution >= 4 is 0 Å². The van der Waals surface area contributed by atoms with Crippen LogP contribution in [0, 0.1) is 19.3 Å². The minimum atomic E-state index is -0.636. The first kappa shape index (κ1) is 24.5. The number of nitrogens with zero attached hydrogens (tertiary/aromatic N) is 3. The van der Waals surface area contributed by atoms with Gasteiger partial charge in [0.05, 0.1) is 18.3 Å². The topological polar surface area (TPSA) is 59.8 Å². The second-order valence-electron chi connectivity index (χ2n) is 8.15. The molecule has 0 radical (unpaired) electrons. The maximum atomic E-state index is 10.5. The van der Waals surface area contributed by atoms with Gasteiger partial charge >= 0.3 is 0 Å². The van der Waals surface area contributed by atoms with Gasteiger partial charge in [0.1, 0.15) is 18.1 Å². The molecule has 0 amide bonds. The third kappa shape index (κ3) is 6.93. The SMILES string of the molecule is C#CCOC[C@@H](O)CN(CCC)Cc1c(-c2ccccc2)nn(C)c1Oc1cccc(C)c1. The van der Waals surface area contributed by atoms with E-state index in [0.717, 1.165) is 41.1 Å². The summed E-state index contributed by atoms with van der Waals surface area (Å²) in [5, 5.41) is 15.3. The summed E-state index contributed by atoms with van der Waals surface area (Å²) in [5.41, 5.74) is 4.01. The fraction of sp³-hybridized carbons (Fsp3) is 0.370. The van der Waals surface area contributed by atoms with Crippen molar-refractivity contribution in [1.82, 2.24) is 14.7 Å². The Morgan fingerprint density at radius 1 is 1.18 bits per heavy atom. The first-order valence-corrected chi connectivity index (χ1v) is 11.3. The van der Waals surface area contributed by atoms with Crippen molar-refractivity contribution in [3.8, 4) is 35.2 Å². The van der Waals surface area contributed by atoms with Crippen molar-refractivity contribution in [3.05, 3.63) is 65.7 Å². The molecule has 6 heteroatoms. The maximum absolute atomic E-state index is 10.5. The summed E-state index contributed by atoms with van der Waals surface area (Å²) in [6.45, 7) is 6.43. The van der Waals surface area contributed by atoms with Crippen LogP contribution in [0.4, 0.5) is 0 Å². The van der Waals surface area contributed by atoms with E-state index < -0.39 is 6.10 Å². The van der Waals surface area contributed by atoms with Crippen LogP contribution in [0.1, 0.15) is 24.5 Å². The summed E-state index contributed by atoms with van der Waals surface area (Å²) in [6, 6.07) is 18.1. The van der Waals surface area contributed by atoms with Crippen molar-refractivity contribution in [2.24, 2.45) is 7.05 Å². The van der Waals surface area contributed by atoms with Gasteiger partial charge in [0.2, 0.25) is 5.88 Å². The van der Waals surface area contributed by atoms with Crippen LogP contribution in [0.3, 0.4) is 0 Å². The molecule has 0 aliphatic rings. The second-order valence-corrected chi connectivity index (χ2v) is 8.15. The summed E-state index contributed by atoms with van der Waals surface area (Å²) >= 11 is 0. The van der Waals surface area contributed by atoms with Gasteiger partial charge in [-0.1, -0.05) is 55.3 Å². The number of hydrogen-bond acceptors (Lipinski definition) is 5. The van der Waals surface area contributed by atoms with E-state index in [-0.39, 0.29) is 13.2 Å². The van der Waals surface area contributed by atoms with Crippen molar-refractivity contribution in [1.29, 1.82) is 0 Å². The minimum absolute atomic E-state index is 0.195. The van der Waals surface area contributed by atoms with Crippen LogP contribution in [-0.4, -0.2) is 52.2 Å². The number of rotatable bonds is 12. The Bertz CT molecular complexity index is 1060. The van der Waals surface area contributed by atoms with E-state index in [0.29, 0.717) is 19.0 Å². The van der Waals surface area contributed by atoms with Gasteiger partial charge in [-0.3, -0.25) is 4.90 Å². The number of aromatic nitrogens is 2. The van der Waals surface area contributed by atoms with Crippen LogP contribution >= 0.6 is 0 Å². The van der Waals surface area contributed by atoms with E-state index in [9.17, 15) is 5.11 Å². The highest BCUT2D eigenvalue weighted by atomic mass is 16.5. The van der Waals surface area contributed by atoms with Gasteiger partial charge in [-0.25, -0.2) is 4.68 Å². The smallest absolute Gasteiger partial charge is 0.222 e.